The molecule has 0 atom stereocenters. The summed E-state index contributed by atoms with van der Waals surface area (Å²) in [5, 5.41) is 0. The van der Waals surface area contributed by atoms with E-state index in [9.17, 15) is 4.79 Å². The van der Waals surface area contributed by atoms with Crippen LogP contribution in [0, 0.1) is 0 Å². The van der Waals surface area contributed by atoms with Crippen LogP contribution in [0.1, 0.15) is 12.5 Å². The number of aromatic nitrogens is 1. The third kappa shape index (κ3) is 2.11. The lowest BCUT2D eigenvalue weighted by Gasteiger charge is -2.12. The molecule has 0 radical (unpaired) electrons. The number of nitrogens with one attached hydrogen (secondary N) is 1. The van der Waals surface area contributed by atoms with Crippen molar-refractivity contribution >= 4 is 5.91 Å². The molecular formula is C8H12N2O. The molecule has 1 heterocycles. The topological polar surface area (TPSA) is 36.1 Å². The molecule has 1 rings (SSSR count). The number of amides is 1. The summed E-state index contributed by atoms with van der Waals surface area (Å²) < 4.78 is 0. The fraction of sp³-hybridized carbons (Fsp3) is 0.375. The Kier molecular flexibility index (Phi) is 2.31. The third-order valence-corrected chi connectivity index (χ3v) is 1.62. The monoisotopic (exact) mass is 152 g/mol. The van der Waals surface area contributed by atoms with Gasteiger partial charge >= 0.3 is 0 Å². The normalized spacial score (nSPS) is 9.64. The van der Waals surface area contributed by atoms with Crippen molar-refractivity contribution in [1.29, 1.82) is 0 Å². The molecule has 0 unspecified atom stereocenters. The molecule has 0 aliphatic carbocycles. The van der Waals surface area contributed by atoms with Gasteiger partial charge in [-0.2, -0.15) is 0 Å². The van der Waals surface area contributed by atoms with Gasteiger partial charge in [-0.25, -0.2) is 0 Å². The first-order valence-electron chi connectivity index (χ1n) is 3.53. The lowest BCUT2D eigenvalue weighted by atomic mass is 10.3. The summed E-state index contributed by atoms with van der Waals surface area (Å²) >= 11 is 0. The zero-order valence-corrected chi connectivity index (χ0v) is 6.79. The van der Waals surface area contributed by atoms with E-state index < -0.39 is 0 Å². The fourth-order valence-electron chi connectivity index (χ4n) is 0.842. The molecular weight excluding hydrogens is 140 g/mol. The number of rotatable bonds is 2. The van der Waals surface area contributed by atoms with Gasteiger partial charge in [-0.05, 0) is 11.6 Å². The lowest BCUT2D eigenvalue weighted by molar-refractivity contribution is -0.128. The molecule has 1 aromatic rings. The summed E-state index contributed by atoms with van der Waals surface area (Å²) in [6.45, 7) is 2.24. The Morgan fingerprint density at radius 3 is 2.91 bits per heavy atom. The van der Waals surface area contributed by atoms with E-state index in [-0.39, 0.29) is 5.91 Å². The maximum absolute atomic E-state index is 10.8. The molecule has 3 nitrogen and oxygen atoms in total. The van der Waals surface area contributed by atoms with Gasteiger partial charge in [0, 0.05) is 32.9 Å². The molecule has 1 N–H and O–H groups in total. The second-order valence-corrected chi connectivity index (χ2v) is 2.59. The molecule has 1 amide bonds. The first-order chi connectivity index (χ1) is 5.20. The van der Waals surface area contributed by atoms with Gasteiger partial charge in [0.1, 0.15) is 0 Å². The van der Waals surface area contributed by atoms with E-state index in [0.29, 0.717) is 6.54 Å². The summed E-state index contributed by atoms with van der Waals surface area (Å²) in [4.78, 5) is 15.4. The number of carbonyl (C=O) groups is 1. The average Bonchev–Trinajstić information content (AvgIpc) is 2.39. The quantitative estimate of drug-likeness (QED) is 0.674. The summed E-state index contributed by atoms with van der Waals surface area (Å²) in [5.74, 6) is 0.0891. The third-order valence-electron chi connectivity index (χ3n) is 1.62. The molecule has 0 aromatic carbocycles. The number of nitrogens with zero attached hydrogens (tertiary/aromatic N) is 1. The second-order valence-electron chi connectivity index (χ2n) is 2.59. The van der Waals surface area contributed by atoms with Gasteiger partial charge in [-0.3, -0.25) is 4.79 Å². The van der Waals surface area contributed by atoms with E-state index in [4.69, 9.17) is 0 Å². The van der Waals surface area contributed by atoms with Crippen LogP contribution in [0.15, 0.2) is 18.5 Å². The van der Waals surface area contributed by atoms with Gasteiger partial charge < -0.3 is 9.88 Å². The Morgan fingerprint density at radius 2 is 2.45 bits per heavy atom. The van der Waals surface area contributed by atoms with E-state index in [1.165, 1.54) is 0 Å². The zero-order chi connectivity index (χ0) is 8.27. The first kappa shape index (κ1) is 7.85. The highest BCUT2D eigenvalue weighted by Crippen LogP contribution is 2.00. The van der Waals surface area contributed by atoms with Gasteiger partial charge in [0.15, 0.2) is 0 Å². The molecule has 0 aliphatic heterocycles. The first-order valence-corrected chi connectivity index (χ1v) is 3.53. The van der Waals surface area contributed by atoms with Gasteiger partial charge in [0.2, 0.25) is 5.91 Å². The molecule has 0 fully saturated rings. The highest BCUT2D eigenvalue weighted by molar-refractivity contribution is 5.72. The summed E-state index contributed by atoms with van der Waals surface area (Å²) in [7, 11) is 1.79. The second kappa shape index (κ2) is 3.23. The Hall–Kier alpha value is -1.25. The summed E-state index contributed by atoms with van der Waals surface area (Å²) in [5.41, 5.74) is 1.13. The van der Waals surface area contributed by atoms with Crippen LogP contribution >= 0.6 is 0 Å². The Morgan fingerprint density at radius 1 is 1.73 bits per heavy atom. The number of hydrogen-bond acceptors (Lipinski definition) is 1. The van der Waals surface area contributed by atoms with Crippen molar-refractivity contribution in [1.82, 2.24) is 9.88 Å². The van der Waals surface area contributed by atoms with E-state index in [0.717, 1.165) is 5.56 Å². The average molecular weight is 152 g/mol. The molecule has 0 spiro atoms. The van der Waals surface area contributed by atoms with Crippen molar-refractivity contribution in [2.24, 2.45) is 0 Å². The Balaban J connectivity index is 2.50. The molecule has 0 aliphatic rings. The Bertz CT molecular complexity index is 228. The minimum Gasteiger partial charge on any atom is -0.367 e. The van der Waals surface area contributed by atoms with Crippen LogP contribution in [0.4, 0.5) is 0 Å². The maximum Gasteiger partial charge on any atom is 0.219 e. The molecule has 0 saturated carbocycles. The molecule has 0 bridgehead atoms. The van der Waals surface area contributed by atoms with E-state index in [1.807, 2.05) is 18.5 Å². The summed E-state index contributed by atoms with van der Waals surface area (Å²) in [6, 6.07) is 1.96. The molecule has 11 heavy (non-hydrogen) atoms. The van der Waals surface area contributed by atoms with Crippen LogP contribution in [0.5, 0.6) is 0 Å². The predicted octanol–water partition coefficient (Wildman–Crippen LogP) is 0.993. The van der Waals surface area contributed by atoms with Crippen molar-refractivity contribution in [2.75, 3.05) is 7.05 Å². The van der Waals surface area contributed by atoms with E-state index >= 15 is 0 Å². The minimum atomic E-state index is 0.0891. The summed E-state index contributed by atoms with van der Waals surface area (Å²) in [6.07, 6.45) is 3.74. The van der Waals surface area contributed by atoms with Crippen molar-refractivity contribution in [2.45, 2.75) is 13.5 Å². The van der Waals surface area contributed by atoms with Crippen molar-refractivity contribution in [3.05, 3.63) is 24.0 Å². The SMILES string of the molecule is CC(=O)N(C)Cc1cc[nH]c1. The Labute approximate surface area is 66.0 Å². The van der Waals surface area contributed by atoms with Crippen LogP contribution in [0.2, 0.25) is 0 Å². The van der Waals surface area contributed by atoms with Crippen molar-refractivity contribution in [3.8, 4) is 0 Å². The van der Waals surface area contributed by atoms with Crippen molar-refractivity contribution < 1.29 is 4.79 Å². The lowest BCUT2D eigenvalue weighted by Crippen LogP contribution is -2.22. The molecule has 3 heteroatoms. The van der Waals surface area contributed by atoms with Gasteiger partial charge in [0.25, 0.3) is 0 Å². The van der Waals surface area contributed by atoms with Gasteiger partial charge in [-0.15, -0.1) is 0 Å². The number of aromatic amines is 1. The van der Waals surface area contributed by atoms with Crippen LogP contribution in [-0.4, -0.2) is 22.8 Å². The molecule has 60 valence electrons. The minimum absolute atomic E-state index is 0.0891. The van der Waals surface area contributed by atoms with Crippen LogP contribution in [-0.2, 0) is 11.3 Å². The number of H-pyrrole nitrogens is 1. The maximum atomic E-state index is 10.8. The fourth-order valence-corrected chi connectivity index (χ4v) is 0.842. The van der Waals surface area contributed by atoms with Crippen LogP contribution in [0.25, 0.3) is 0 Å². The predicted molar refractivity (Wildman–Crippen MR) is 42.9 cm³/mol. The van der Waals surface area contributed by atoms with Crippen LogP contribution < -0.4 is 0 Å². The van der Waals surface area contributed by atoms with Crippen LogP contribution in [0.3, 0.4) is 0 Å². The standard InChI is InChI=1S/C8H12N2O/c1-7(11)10(2)6-8-3-4-9-5-8/h3-5,9H,6H2,1-2H3. The number of carbonyl (C=O) groups excluding carboxylic acids is 1. The van der Waals surface area contributed by atoms with Gasteiger partial charge in [0.05, 0.1) is 0 Å². The van der Waals surface area contributed by atoms with E-state index in [2.05, 4.69) is 4.98 Å². The van der Waals surface area contributed by atoms with E-state index in [1.54, 1.807) is 18.9 Å². The number of hydrogen-bond donors (Lipinski definition) is 1. The van der Waals surface area contributed by atoms with Gasteiger partial charge in [-0.1, -0.05) is 0 Å². The smallest absolute Gasteiger partial charge is 0.219 e. The van der Waals surface area contributed by atoms with Crippen molar-refractivity contribution in [3.63, 3.8) is 0 Å². The zero-order valence-electron chi connectivity index (χ0n) is 6.79. The largest absolute Gasteiger partial charge is 0.367 e. The molecule has 1 aromatic heterocycles. The molecule has 0 saturated heterocycles. The highest BCUT2D eigenvalue weighted by Gasteiger charge is 2.01. The highest BCUT2D eigenvalue weighted by atomic mass is 16.2.